The van der Waals surface area contributed by atoms with Crippen LogP contribution in [0.5, 0.6) is 5.88 Å². The van der Waals surface area contributed by atoms with E-state index in [-0.39, 0.29) is 5.95 Å². The molecule has 0 aliphatic rings. The third-order valence-corrected chi connectivity index (χ3v) is 1.52. The number of anilines is 2. The minimum absolute atomic E-state index is 0.121. The number of ether oxygens (including phenoxy) is 1. The highest BCUT2D eigenvalue weighted by Crippen LogP contribution is 2.12. The van der Waals surface area contributed by atoms with Crippen molar-refractivity contribution in [2.24, 2.45) is 0 Å². The molecule has 0 aliphatic heterocycles. The van der Waals surface area contributed by atoms with Crippen molar-refractivity contribution in [3.8, 4) is 5.88 Å². The SMILES string of the molecule is C=C(C)CCOc1cc(N)nc(N)n1. The summed E-state index contributed by atoms with van der Waals surface area (Å²) in [5, 5.41) is 0. The summed E-state index contributed by atoms with van der Waals surface area (Å²) in [5.74, 6) is 0.828. The molecule has 14 heavy (non-hydrogen) atoms. The summed E-state index contributed by atoms with van der Waals surface area (Å²) in [7, 11) is 0. The highest BCUT2D eigenvalue weighted by Gasteiger charge is 2.00. The number of nitrogens with zero attached hydrogens (tertiary/aromatic N) is 2. The molecule has 0 atom stereocenters. The summed E-state index contributed by atoms with van der Waals surface area (Å²) >= 11 is 0. The van der Waals surface area contributed by atoms with E-state index < -0.39 is 0 Å². The number of nitrogens with two attached hydrogens (primary N) is 2. The van der Waals surface area contributed by atoms with E-state index in [0.717, 1.165) is 12.0 Å². The maximum absolute atomic E-state index is 5.46. The van der Waals surface area contributed by atoms with Crippen molar-refractivity contribution in [3.05, 3.63) is 18.2 Å². The van der Waals surface area contributed by atoms with Gasteiger partial charge in [-0.15, -0.1) is 6.58 Å². The van der Waals surface area contributed by atoms with Gasteiger partial charge in [-0.25, -0.2) is 0 Å². The second-order valence-electron chi connectivity index (χ2n) is 3.04. The Morgan fingerprint density at radius 2 is 2.21 bits per heavy atom. The summed E-state index contributed by atoms with van der Waals surface area (Å²) in [6.07, 6.45) is 0.782. The van der Waals surface area contributed by atoms with Crippen LogP contribution in [-0.2, 0) is 0 Å². The third-order valence-electron chi connectivity index (χ3n) is 1.52. The molecule has 0 amide bonds. The Morgan fingerprint density at radius 1 is 1.50 bits per heavy atom. The molecule has 0 saturated carbocycles. The molecule has 4 N–H and O–H groups in total. The lowest BCUT2D eigenvalue weighted by molar-refractivity contribution is 0.309. The summed E-state index contributed by atoms with van der Waals surface area (Å²) in [5.41, 5.74) is 11.9. The Morgan fingerprint density at radius 3 is 2.79 bits per heavy atom. The fraction of sp³-hybridized carbons (Fsp3) is 0.333. The quantitative estimate of drug-likeness (QED) is 0.698. The lowest BCUT2D eigenvalue weighted by atomic mass is 10.3. The van der Waals surface area contributed by atoms with Gasteiger partial charge < -0.3 is 16.2 Å². The van der Waals surface area contributed by atoms with Crippen LogP contribution in [0.1, 0.15) is 13.3 Å². The Kier molecular flexibility index (Phi) is 3.28. The maximum atomic E-state index is 5.46. The third kappa shape index (κ3) is 3.30. The molecule has 0 radical (unpaired) electrons. The highest BCUT2D eigenvalue weighted by molar-refractivity contribution is 5.38. The van der Waals surface area contributed by atoms with E-state index in [1.807, 2.05) is 6.92 Å². The molecular weight excluding hydrogens is 180 g/mol. The molecule has 0 aromatic carbocycles. The molecule has 1 rings (SSSR count). The number of hydrogen-bond donors (Lipinski definition) is 2. The van der Waals surface area contributed by atoms with Crippen LogP contribution < -0.4 is 16.2 Å². The van der Waals surface area contributed by atoms with Gasteiger partial charge in [-0.05, 0) is 6.92 Å². The van der Waals surface area contributed by atoms with Gasteiger partial charge in [0.05, 0.1) is 6.61 Å². The minimum Gasteiger partial charge on any atom is -0.477 e. The van der Waals surface area contributed by atoms with Crippen LogP contribution in [0, 0.1) is 0 Å². The standard InChI is InChI=1S/C9H14N4O/c1-6(2)3-4-14-8-5-7(10)12-9(11)13-8/h5H,1,3-4H2,2H3,(H4,10,11,12,13). The van der Waals surface area contributed by atoms with Crippen molar-refractivity contribution < 1.29 is 4.74 Å². The van der Waals surface area contributed by atoms with Crippen LogP contribution >= 0.6 is 0 Å². The van der Waals surface area contributed by atoms with Crippen molar-refractivity contribution in [2.75, 3.05) is 18.1 Å². The fourth-order valence-electron chi connectivity index (χ4n) is 0.865. The number of aromatic nitrogens is 2. The molecule has 0 spiro atoms. The Hall–Kier alpha value is -1.78. The number of hydrogen-bond acceptors (Lipinski definition) is 5. The predicted octanol–water partition coefficient (Wildman–Crippen LogP) is 0.986. The monoisotopic (exact) mass is 194 g/mol. The van der Waals surface area contributed by atoms with Crippen molar-refractivity contribution in [1.29, 1.82) is 0 Å². The van der Waals surface area contributed by atoms with Gasteiger partial charge in [0.2, 0.25) is 11.8 Å². The normalized spacial score (nSPS) is 9.79. The zero-order valence-corrected chi connectivity index (χ0v) is 8.16. The van der Waals surface area contributed by atoms with E-state index in [4.69, 9.17) is 16.2 Å². The van der Waals surface area contributed by atoms with Crippen molar-refractivity contribution >= 4 is 11.8 Å². The van der Waals surface area contributed by atoms with Crippen molar-refractivity contribution in [2.45, 2.75) is 13.3 Å². The molecular formula is C9H14N4O. The topological polar surface area (TPSA) is 87.0 Å². The van der Waals surface area contributed by atoms with Gasteiger partial charge in [0.25, 0.3) is 0 Å². The lowest BCUT2D eigenvalue weighted by Gasteiger charge is -2.05. The molecule has 76 valence electrons. The van der Waals surface area contributed by atoms with Crippen LogP contribution in [0.2, 0.25) is 0 Å². The molecule has 0 aliphatic carbocycles. The summed E-state index contributed by atoms with van der Waals surface area (Å²) in [4.78, 5) is 7.59. The van der Waals surface area contributed by atoms with Crippen LogP contribution in [0.4, 0.5) is 11.8 Å². The largest absolute Gasteiger partial charge is 0.477 e. The zero-order chi connectivity index (χ0) is 10.6. The maximum Gasteiger partial charge on any atom is 0.225 e. The molecule has 0 unspecified atom stereocenters. The molecule has 1 heterocycles. The molecule has 0 bridgehead atoms. The first-order valence-electron chi connectivity index (χ1n) is 4.25. The van der Waals surface area contributed by atoms with Crippen molar-refractivity contribution in [3.63, 3.8) is 0 Å². The molecule has 5 nitrogen and oxygen atoms in total. The van der Waals surface area contributed by atoms with Gasteiger partial charge in [-0.2, -0.15) is 9.97 Å². The fourth-order valence-corrected chi connectivity index (χ4v) is 0.865. The first-order valence-corrected chi connectivity index (χ1v) is 4.25. The Bertz CT molecular complexity index is 317. The zero-order valence-electron chi connectivity index (χ0n) is 8.16. The first-order chi connectivity index (χ1) is 6.58. The Labute approximate surface area is 82.8 Å². The highest BCUT2D eigenvalue weighted by atomic mass is 16.5. The predicted molar refractivity (Wildman–Crippen MR) is 55.8 cm³/mol. The molecule has 0 saturated heterocycles. The second kappa shape index (κ2) is 4.45. The Balaban J connectivity index is 2.54. The average molecular weight is 194 g/mol. The molecule has 0 fully saturated rings. The number of rotatable bonds is 4. The van der Waals surface area contributed by atoms with Gasteiger partial charge in [0, 0.05) is 12.5 Å². The molecule has 5 heteroatoms. The summed E-state index contributed by atoms with van der Waals surface area (Å²) < 4.78 is 5.31. The van der Waals surface area contributed by atoms with E-state index in [9.17, 15) is 0 Å². The smallest absolute Gasteiger partial charge is 0.225 e. The van der Waals surface area contributed by atoms with Gasteiger partial charge in [-0.3, -0.25) is 0 Å². The second-order valence-corrected chi connectivity index (χ2v) is 3.04. The van der Waals surface area contributed by atoms with Gasteiger partial charge >= 0.3 is 0 Å². The average Bonchev–Trinajstić information content (AvgIpc) is 2.01. The number of nitrogen functional groups attached to an aromatic ring is 2. The van der Waals surface area contributed by atoms with E-state index in [2.05, 4.69) is 16.5 Å². The molecule has 1 aromatic rings. The summed E-state index contributed by atoms with van der Waals surface area (Å²) in [6, 6.07) is 1.54. The van der Waals surface area contributed by atoms with E-state index in [1.165, 1.54) is 6.07 Å². The van der Waals surface area contributed by atoms with Crippen molar-refractivity contribution in [1.82, 2.24) is 9.97 Å². The summed E-state index contributed by atoms with van der Waals surface area (Å²) in [6.45, 7) is 6.21. The van der Waals surface area contributed by atoms with Gasteiger partial charge in [0.1, 0.15) is 5.82 Å². The van der Waals surface area contributed by atoms with Gasteiger partial charge in [-0.1, -0.05) is 5.57 Å². The van der Waals surface area contributed by atoms with Crippen LogP contribution in [0.25, 0.3) is 0 Å². The van der Waals surface area contributed by atoms with Crippen LogP contribution in [0.3, 0.4) is 0 Å². The lowest BCUT2D eigenvalue weighted by Crippen LogP contribution is -2.04. The van der Waals surface area contributed by atoms with E-state index in [0.29, 0.717) is 18.3 Å². The first kappa shape index (κ1) is 10.3. The van der Waals surface area contributed by atoms with E-state index in [1.54, 1.807) is 0 Å². The van der Waals surface area contributed by atoms with Gasteiger partial charge in [0.15, 0.2) is 0 Å². The van der Waals surface area contributed by atoms with Crippen LogP contribution in [0.15, 0.2) is 18.2 Å². The van der Waals surface area contributed by atoms with E-state index >= 15 is 0 Å². The van der Waals surface area contributed by atoms with Crippen LogP contribution in [-0.4, -0.2) is 16.6 Å². The molecule has 1 aromatic heterocycles. The minimum atomic E-state index is 0.121.